The Kier molecular flexibility index (Phi) is 4.10. The average molecular weight is 267 g/mol. The number of aromatic carboxylic acids is 1. The summed E-state index contributed by atoms with van der Waals surface area (Å²) in [6.07, 6.45) is -2.93. The zero-order valence-electron chi connectivity index (χ0n) is 9.16. The molecule has 0 amide bonds. The van der Waals surface area contributed by atoms with Gasteiger partial charge in [0.2, 0.25) is 0 Å². The normalized spacial score (nSPS) is 11.7. The van der Waals surface area contributed by atoms with E-state index < -0.39 is 24.9 Å². The SMILES string of the molecule is Cc1cc(C(=O)O)ncc1OCC(F)(F)C(F)F. The molecule has 0 aliphatic rings. The fraction of sp³-hybridized carbons (Fsp3) is 0.400. The van der Waals surface area contributed by atoms with Crippen molar-refractivity contribution in [2.75, 3.05) is 6.61 Å². The maximum absolute atomic E-state index is 12.6. The van der Waals surface area contributed by atoms with Crippen molar-refractivity contribution in [1.82, 2.24) is 4.98 Å². The predicted octanol–water partition coefficient (Wildman–Crippen LogP) is 2.37. The molecule has 0 saturated heterocycles. The van der Waals surface area contributed by atoms with E-state index in [2.05, 4.69) is 9.72 Å². The fourth-order valence-electron chi connectivity index (χ4n) is 1.05. The van der Waals surface area contributed by atoms with E-state index in [1.165, 1.54) is 6.92 Å². The molecular weight excluding hydrogens is 258 g/mol. The minimum absolute atomic E-state index is 0.166. The van der Waals surface area contributed by atoms with E-state index in [-0.39, 0.29) is 17.0 Å². The van der Waals surface area contributed by atoms with Crippen LogP contribution in [-0.2, 0) is 0 Å². The Morgan fingerprint density at radius 2 is 2.17 bits per heavy atom. The number of carboxylic acid groups (broad SMARTS) is 1. The van der Waals surface area contributed by atoms with E-state index in [1.807, 2.05) is 0 Å². The summed E-state index contributed by atoms with van der Waals surface area (Å²) in [6.45, 7) is -0.108. The number of nitrogens with zero attached hydrogens (tertiary/aromatic N) is 1. The van der Waals surface area contributed by atoms with E-state index in [9.17, 15) is 22.4 Å². The van der Waals surface area contributed by atoms with Gasteiger partial charge in [-0.3, -0.25) is 0 Å². The standard InChI is InChI=1S/C10H9F4NO3/c1-5-2-6(8(16)17)15-3-7(5)18-4-10(13,14)9(11)12/h2-3,9H,4H2,1H3,(H,16,17). The number of carboxylic acids is 1. The maximum atomic E-state index is 12.6. The quantitative estimate of drug-likeness (QED) is 0.832. The van der Waals surface area contributed by atoms with Gasteiger partial charge in [-0.25, -0.2) is 18.6 Å². The molecule has 1 aromatic rings. The molecule has 100 valence electrons. The highest BCUT2D eigenvalue weighted by molar-refractivity contribution is 5.85. The lowest BCUT2D eigenvalue weighted by Gasteiger charge is -2.16. The Labute approximate surface area is 99.2 Å². The number of rotatable bonds is 5. The number of alkyl halides is 4. The molecule has 8 heteroatoms. The fourth-order valence-corrected chi connectivity index (χ4v) is 1.05. The van der Waals surface area contributed by atoms with Gasteiger partial charge < -0.3 is 9.84 Å². The van der Waals surface area contributed by atoms with Gasteiger partial charge in [-0.1, -0.05) is 0 Å². The first-order chi connectivity index (χ1) is 8.24. The van der Waals surface area contributed by atoms with Gasteiger partial charge in [-0.05, 0) is 18.6 Å². The Hall–Kier alpha value is -1.86. The second-order valence-corrected chi connectivity index (χ2v) is 3.49. The topological polar surface area (TPSA) is 59.4 Å². The number of hydrogen-bond donors (Lipinski definition) is 1. The summed E-state index contributed by atoms with van der Waals surface area (Å²) < 4.78 is 53.4. The van der Waals surface area contributed by atoms with Crippen molar-refractivity contribution in [3.8, 4) is 5.75 Å². The van der Waals surface area contributed by atoms with E-state index >= 15 is 0 Å². The Bertz CT molecular complexity index is 451. The molecule has 4 nitrogen and oxygen atoms in total. The summed E-state index contributed by atoms with van der Waals surface area (Å²) in [5, 5.41) is 8.61. The van der Waals surface area contributed by atoms with Crippen molar-refractivity contribution < 1.29 is 32.2 Å². The highest BCUT2D eigenvalue weighted by atomic mass is 19.3. The third kappa shape index (κ3) is 3.31. The second kappa shape index (κ2) is 5.19. The van der Waals surface area contributed by atoms with Crippen LogP contribution in [-0.4, -0.2) is 35.0 Å². The molecule has 0 unspecified atom stereocenters. The summed E-state index contributed by atoms with van der Waals surface area (Å²) in [5.74, 6) is -5.72. The van der Waals surface area contributed by atoms with Crippen molar-refractivity contribution in [2.24, 2.45) is 0 Å². The van der Waals surface area contributed by atoms with Crippen molar-refractivity contribution in [3.63, 3.8) is 0 Å². The van der Waals surface area contributed by atoms with Gasteiger partial charge in [0.1, 0.15) is 11.4 Å². The average Bonchev–Trinajstić information content (AvgIpc) is 2.26. The largest absolute Gasteiger partial charge is 0.485 e. The molecule has 1 heterocycles. The van der Waals surface area contributed by atoms with Crippen LogP contribution in [0.25, 0.3) is 0 Å². The molecule has 1 aromatic heterocycles. The molecule has 18 heavy (non-hydrogen) atoms. The second-order valence-electron chi connectivity index (χ2n) is 3.49. The van der Waals surface area contributed by atoms with Gasteiger partial charge >= 0.3 is 18.3 Å². The van der Waals surface area contributed by atoms with Crippen LogP contribution in [0.4, 0.5) is 17.6 Å². The smallest absolute Gasteiger partial charge is 0.354 e. The first kappa shape index (κ1) is 14.2. The number of halogens is 4. The minimum atomic E-state index is -4.27. The van der Waals surface area contributed by atoms with Gasteiger partial charge in [0.25, 0.3) is 0 Å². The molecular formula is C10H9F4NO3. The van der Waals surface area contributed by atoms with Crippen LogP contribution in [0.15, 0.2) is 12.3 Å². The van der Waals surface area contributed by atoms with Crippen molar-refractivity contribution >= 4 is 5.97 Å². The molecule has 1 rings (SSSR count). The monoisotopic (exact) mass is 267 g/mol. The number of ether oxygens (including phenoxy) is 1. The van der Waals surface area contributed by atoms with Crippen LogP contribution < -0.4 is 4.74 Å². The lowest BCUT2D eigenvalue weighted by atomic mass is 10.2. The van der Waals surface area contributed by atoms with Crippen LogP contribution in [0, 0.1) is 6.92 Å². The van der Waals surface area contributed by atoms with Crippen molar-refractivity contribution in [1.29, 1.82) is 0 Å². The number of hydrogen-bond acceptors (Lipinski definition) is 3. The molecule has 1 N–H and O–H groups in total. The highest BCUT2D eigenvalue weighted by Gasteiger charge is 2.41. The molecule has 0 bridgehead atoms. The number of aryl methyl sites for hydroxylation is 1. The van der Waals surface area contributed by atoms with Crippen molar-refractivity contribution in [2.45, 2.75) is 19.3 Å². The lowest BCUT2D eigenvalue weighted by molar-refractivity contribution is -0.148. The lowest BCUT2D eigenvalue weighted by Crippen LogP contribution is -2.33. The van der Waals surface area contributed by atoms with Crippen LogP contribution in [0.3, 0.4) is 0 Å². The van der Waals surface area contributed by atoms with Crippen LogP contribution in [0.1, 0.15) is 16.1 Å². The van der Waals surface area contributed by atoms with E-state index in [4.69, 9.17) is 5.11 Å². The minimum Gasteiger partial charge on any atom is -0.485 e. The molecule has 0 fully saturated rings. The summed E-state index contributed by atoms with van der Waals surface area (Å²) in [7, 11) is 0. The van der Waals surface area contributed by atoms with Gasteiger partial charge in [0.15, 0.2) is 6.61 Å². The maximum Gasteiger partial charge on any atom is 0.354 e. The Balaban J connectivity index is 2.78. The summed E-state index contributed by atoms with van der Waals surface area (Å²) >= 11 is 0. The summed E-state index contributed by atoms with van der Waals surface area (Å²) in [4.78, 5) is 14.0. The first-order valence-corrected chi connectivity index (χ1v) is 4.72. The van der Waals surface area contributed by atoms with Gasteiger partial charge in [-0.2, -0.15) is 8.78 Å². The first-order valence-electron chi connectivity index (χ1n) is 4.72. The summed E-state index contributed by atoms with van der Waals surface area (Å²) in [5.41, 5.74) is -0.0760. The third-order valence-corrected chi connectivity index (χ3v) is 2.02. The molecule has 0 radical (unpaired) electrons. The van der Waals surface area contributed by atoms with Crippen LogP contribution >= 0.6 is 0 Å². The Morgan fingerprint density at radius 1 is 1.56 bits per heavy atom. The van der Waals surface area contributed by atoms with E-state index in [1.54, 1.807) is 0 Å². The van der Waals surface area contributed by atoms with Crippen LogP contribution in [0.5, 0.6) is 5.75 Å². The van der Waals surface area contributed by atoms with Gasteiger partial charge in [-0.15, -0.1) is 0 Å². The van der Waals surface area contributed by atoms with Crippen molar-refractivity contribution in [3.05, 3.63) is 23.5 Å². The molecule has 0 spiro atoms. The molecule has 0 aliphatic heterocycles. The van der Waals surface area contributed by atoms with Crippen LogP contribution in [0.2, 0.25) is 0 Å². The summed E-state index contributed by atoms with van der Waals surface area (Å²) in [6, 6.07) is 1.10. The zero-order valence-corrected chi connectivity index (χ0v) is 9.16. The highest BCUT2D eigenvalue weighted by Crippen LogP contribution is 2.25. The van der Waals surface area contributed by atoms with E-state index in [0.717, 1.165) is 12.3 Å². The predicted molar refractivity (Wildman–Crippen MR) is 52.4 cm³/mol. The molecule has 0 aromatic carbocycles. The number of carbonyl (C=O) groups is 1. The third-order valence-electron chi connectivity index (χ3n) is 2.02. The van der Waals surface area contributed by atoms with Gasteiger partial charge in [0, 0.05) is 0 Å². The zero-order chi connectivity index (χ0) is 13.9. The Morgan fingerprint density at radius 3 is 2.61 bits per heavy atom. The van der Waals surface area contributed by atoms with E-state index in [0.29, 0.717) is 0 Å². The number of pyridine rings is 1. The number of aromatic nitrogens is 1. The van der Waals surface area contributed by atoms with Gasteiger partial charge in [0.05, 0.1) is 6.20 Å². The molecule has 0 atom stereocenters. The molecule has 0 saturated carbocycles. The molecule has 0 aliphatic carbocycles.